The number of amides is 1. The van der Waals surface area contributed by atoms with Gasteiger partial charge in [-0.05, 0) is 54.8 Å². The van der Waals surface area contributed by atoms with Crippen molar-refractivity contribution in [2.24, 2.45) is 5.41 Å². The molecule has 1 fully saturated rings. The molecule has 1 aromatic heterocycles. The van der Waals surface area contributed by atoms with E-state index in [1.165, 1.54) is 0 Å². The molecule has 1 amide bonds. The molecular formula is C18H18N2O4. The maximum absolute atomic E-state index is 12.1. The molecule has 1 aliphatic carbocycles. The summed E-state index contributed by atoms with van der Waals surface area (Å²) in [6, 6.07) is 10.5. The molecule has 124 valence electrons. The summed E-state index contributed by atoms with van der Waals surface area (Å²) in [5.41, 5.74) is 0.728. The molecule has 1 aromatic carbocycles. The topological polar surface area (TPSA) is 88.5 Å². The van der Waals surface area contributed by atoms with Gasteiger partial charge in [-0.15, -0.1) is 0 Å². The van der Waals surface area contributed by atoms with Crippen LogP contribution in [0.25, 0.3) is 0 Å². The van der Waals surface area contributed by atoms with Gasteiger partial charge in [-0.2, -0.15) is 0 Å². The molecule has 0 saturated heterocycles. The highest BCUT2D eigenvalue weighted by molar-refractivity contribution is 5.94. The average Bonchev–Trinajstić information content (AvgIpc) is 3.41. The molecule has 1 heterocycles. The summed E-state index contributed by atoms with van der Waals surface area (Å²) in [4.78, 5) is 27.1. The molecule has 3 rings (SSSR count). The van der Waals surface area contributed by atoms with Crippen LogP contribution in [0.15, 0.2) is 48.8 Å². The van der Waals surface area contributed by atoms with Crippen molar-refractivity contribution in [2.45, 2.75) is 19.4 Å². The maximum atomic E-state index is 12.1. The Morgan fingerprint density at radius 1 is 1.12 bits per heavy atom. The second kappa shape index (κ2) is 6.70. The molecule has 0 unspecified atom stereocenters. The monoisotopic (exact) mass is 326 g/mol. The van der Waals surface area contributed by atoms with Crippen molar-refractivity contribution in [3.8, 4) is 5.75 Å². The predicted octanol–water partition coefficient (Wildman–Crippen LogP) is 2.26. The summed E-state index contributed by atoms with van der Waals surface area (Å²) >= 11 is 0. The minimum atomic E-state index is -0.845. The van der Waals surface area contributed by atoms with E-state index in [2.05, 4.69) is 10.3 Å². The van der Waals surface area contributed by atoms with E-state index in [1.54, 1.807) is 36.7 Å². The quantitative estimate of drug-likeness (QED) is 0.815. The van der Waals surface area contributed by atoms with E-state index in [1.807, 2.05) is 12.1 Å². The highest BCUT2D eigenvalue weighted by Gasteiger charge is 2.50. The van der Waals surface area contributed by atoms with Gasteiger partial charge in [0.2, 0.25) is 0 Å². The lowest BCUT2D eigenvalue weighted by Gasteiger charge is -2.11. The summed E-state index contributed by atoms with van der Waals surface area (Å²) in [5.74, 6) is -0.460. The van der Waals surface area contributed by atoms with E-state index >= 15 is 0 Å². The van der Waals surface area contributed by atoms with E-state index in [9.17, 15) is 9.59 Å². The second-order valence-electron chi connectivity index (χ2n) is 5.94. The number of hydrogen-bond donors (Lipinski definition) is 2. The number of aliphatic carboxylic acids is 1. The predicted molar refractivity (Wildman–Crippen MR) is 86.6 cm³/mol. The first-order valence-electron chi connectivity index (χ1n) is 7.72. The molecule has 0 radical (unpaired) electrons. The molecule has 0 atom stereocenters. The first-order valence-corrected chi connectivity index (χ1v) is 7.72. The van der Waals surface area contributed by atoms with Crippen molar-refractivity contribution in [1.29, 1.82) is 0 Å². The molecule has 6 heteroatoms. The molecule has 0 aliphatic heterocycles. The normalized spacial score (nSPS) is 14.7. The fraction of sp³-hybridized carbons (Fsp3) is 0.278. The lowest BCUT2D eigenvalue weighted by Crippen LogP contribution is -2.34. The minimum Gasteiger partial charge on any atom is -0.489 e. The van der Waals surface area contributed by atoms with Crippen LogP contribution in [0.2, 0.25) is 0 Å². The van der Waals surface area contributed by atoms with Gasteiger partial charge in [-0.3, -0.25) is 14.6 Å². The van der Waals surface area contributed by atoms with Gasteiger partial charge in [0.25, 0.3) is 5.91 Å². The van der Waals surface area contributed by atoms with Crippen LogP contribution in [0.4, 0.5) is 0 Å². The zero-order valence-corrected chi connectivity index (χ0v) is 13.1. The number of carboxylic acids is 1. The second-order valence-corrected chi connectivity index (χ2v) is 5.94. The third-order valence-electron chi connectivity index (χ3n) is 4.17. The van der Waals surface area contributed by atoms with Gasteiger partial charge >= 0.3 is 5.97 Å². The summed E-state index contributed by atoms with van der Waals surface area (Å²) in [5, 5.41) is 11.8. The number of carboxylic acid groups (broad SMARTS) is 1. The molecule has 2 aromatic rings. The van der Waals surface area contributed by atoms with E-state index in [-0.39, 0.29) is 12.5 Å². The number of pyridine rings is 1. The van der Waals surface area contributed by atoms with Crippen molar-refractivity contribution in [3.05, 3.63) is 59.9 Å². The molecule has 2 N–H and O–H groups in total. The Balaban J connectivity index is 1.52. The van der Waals surface area contributed by atoms with Gasteiger partial charge in [0.05, 0.1) is 5.41 Å². The maximum Gasteiger partial charge on any atom is 0.311 e. The van der Waals surface area contributed by atoms with Crippen LogP contribution in [0.1, 0.15) is 28.8 Å². The van der Waals surface area contributed by atoms with Crippen LogP contribution in [-0.4, -0.2) is 28.5 Å². The summed E-state index contributed by atoms with van der Waals surface area (Å²) in [6.07, 6.45) is 4.64. The van der Waals surface area contributed by atoms with Gasteiger partial charge in [-0.25, -0.2) is 0 Å². The first kappa shape index (κ1) is 16.0. The number of nitrogens with zero attached hydrogens (tertiary/aromatic N) is 1. The highest BCUT2D eigenvalue weighted by atomic mass is 16.5. The van der Waals surface area contributed by atoms with Crippen LogP contribution in [0.3, 0.4) is 0 Å². The smallest absolute Gasteiger partial charge is 0.311 e. The van der Waals surface area contributed by atoms with E-state index in [0.717, 1.165) is 5.56 Å². The minimum absolute atomic E-state index is 0.168. The third-order valence-corrected chi connectivity index (χ3v) is 4.17. The van der Waals surface area contributed by atoms with Gasteiger partial charge in [0.1, 0.15) is 12.4 Å². The standard InChI is InChI=1S/C18H18N2O4/c21-16(20-12-18(7-8-18)17(22)23)14-1-3-15(4-2-14)24-11-13-5-9-19-10-6-13/h1-6,9-10H,7-8,11-12H2,(H,20,21)(H,22,23). The van der Waals surface area contributed by atoms with Crippen molar-refractivity contribution < 1.29 is 19.4 Å². The van der Waals surface area contributed by atoms with Crippen LogP contribution in [0.5, 0.6) is 5.75 Å². The van der Waals surface area contributed by atoms with Crippen molar-refractivity contribution >= 4 is 11.9 Å². The summed E-state index contributed by atoms with van der Waals surface area (Å²) in [6.45, 7) is 0.594. The number of ether oxygens (including phenoxy) is 1. The number of rotatable bonds is 7. The lowest BCUT2D eigenvalue weighted by molar-refractivity contribution is -0.143. The fourth-order valence-electron chi connectivity index (χ4n) is 2.32. The van der Waals surface area contributed by atoms with Crippen LogP contribution >= 0.6 is 0 Å². The number of hydrogen-bond acceptors (Lipinski definition) is 4. The largest absolute Gasteiger partial charge is 0.489 e. The van der Waals surface area contributed by atoms with Gasteiger partial charge in [0, 0.05) is 24.5 Å². The molecule has 24 heavy (non-hydrogen) atoms. The van der Waals surface area contributed by atoms with Gasteiger partial charge in [0.15, 0.2) is 0 Å². The Hall–Kier alpha value is -2.89. The Morgan fingerprint density at radius 3 is 2.38 bits per heavy atom. The number of carbonyl (C=O) groups is 2. The van der Waals surface area contributed by atoms with Gasteiger partial charge in [-0.1, -0.05) is 0 Å². The summed E-state index contributed by atoms with van der Waals surface area (Å²) in [7, 11) is 0. The molecular weight excluding hydrogens is 308 g/mol. The molecule has 6 nitrogen and oxygen atoms in total. The fourth-order valence-corrected chi connectivity index (χ4v) is 2.32. The van der Waals surface area contributed by atoms with Crippen molar-refractivity contribution in [2.75, 3.05) is 6.54 Å². The van der Waals surface area contributed by atoms with Crippen LogP contribution in [-0.2, 0) is 11.4 Å². The Kier molecular flexibility index (Phi) is 4.46. The lowest BCUT2D eigenvalue weighted by atomic mass is 10.1. The molecule has 1 aliphatic rings. The zero-order valence-electron chi connectivity index (χ0n) is 13.1. The number of aromatic nitrogens is 1. The first-order chi connectivity index (χ1) is 11.6. The Morgan fingerprint density at radius 2 is 1.79 bits per heavy atom. The highest BCUT2D eigenvalue weighted by Crippen LogP contribution is 2.45. The van der Waals surface area contributed by atoms with E-state index < -0.39 is 11.4 Å². The van der Waals surface area contributed by atoms with Crippen LogP contribution < -0.4 is 10.1 Å². The van der Waals surface area contributed by atoms with Gasteiger partial charge < -0.3 is 15.2 Å². The Labute approximate surface area is 139 Å². The van der Waals surface area contributed by atoms with Crippen molar-refractivity contribution in [1.82, 2.24) is 10.3 Å². The molecule has 1 saturated carbocycles. The Bertz CT molecular complexity index is 724. The van der Waals surface area contributed by atoms with Crippen LogP contribution in [0, 0.1) is 5.41 Å². The van der Waals surface area contributed by atoms with Crippen molar-refractivity contribution in [3.63, 3.8) is 0 Å². The summed E-state index contributed by atoms with van der Waals surface area (Å²) < 4.78 is 5.65. The molecule has 0 bridgehead atoms. The number of carbonyl (C=O) groups excluding carboxylic acids is 1. The number of benzene rings is 1. The average molecular weight is 326 g/mol. The SMILES string of the molecule is O=C(NCC1(C(=O)O)CC1)c1ccc(OCc2ccncc2)cc1. The third kappa shape index (κ3) is 3.71. The number of nitrogens with one attached hydrogen (secondary N) is 1. The van der Waals surface area contributed by atoms with E-state index in [0.29, 0.717) is 30.8 Å². The molecule has 0 spiro atoms. The van der Waals surface area contributed by atoms with E-state index in [4.69, 9.17) is 9.84 Å². The zero-order chi connectivity index (χ0) is 17.0.